The molecule has 0 aliphatic rings. The molecule has 3 heteroatoms. The Balaban J connectivity index is 2.40. The van der Waals surface area contributed by atoms with Crippen molar-refractivity contribution in [1.29, 1.82) is 0 Å². The van der Waals surface area contributed by atoms with Crippen LogP contribution in [0.4, 0.5) is 0 Å². The number of hydrogen-bond acceptors (Lipinski definition) is 3. The number of nitrogens with two attached hydrogens (primary N) is 1. The van der Waals surface area contributed by atoms with Crippen molar-refractivity contribution in [2.24, 2.45) is 10.9 Å². The fourth-order valence-electron chi connectivity index (χ4n) is 0.0527. The van der Waals surface area contributed by atoms with E-state index in [0.717, 1.165) is 0 Å². The van der Waals surface area contributed by atoms with E-state index in [9.17, 15) is 0 Å². The average molecular weight is 74.1 g/mol. The molecule has 0 aromatic carbocycles. The van der Waals surface area contributed by atoms with E-state index >= 15 is 0 Å². The van der Waals surface area contributed by atoms with Gasteiger partial charge in [-0.3, -0.25) is 5.73 Å². The molecule has 0 aliphatic heterocycles. The van der Waals surface area contributed by atoms with Crippen molar-refractivity contribution in [2.75, 3.05) is 6.73 Å². The van der Waals surface area contributed by atoms with Gasteiger partial charge in [-0.25, -0.2) is 0 Å². The van der Waals surface area contributed by atoms with Crippen molar-refractivity contribution in [3.05, 3.63) is 0 Å². The van der Waals surface area contributed by atoms with E-state index < -0.39 is 0 Å². The summed E-state index contributed by atoms with van der Waals surface area (Å²) in [5.74, 6) is 0. The Kier molecular flexibility index (Phi) is 3.04. The second-order valence-corrected chi connectivity index (χ2v) is 0.425. The molecule has 0 aliphatic carbocycles. The summed E-state index contributed by atoms with van der Waals surface area (Å²) in [6.07, 6.45) is 0. The zero-order valence-electron chi connectivity index (χ0n) is 2.85. The summed E-state index contributed by atoms with van der Waals surface area (Å²) in [5.41, 5.74) is 4.78. The van der Waals surface area contributed by atoms with Crippen LogP contribution in [-0.2, 0) is 4.84 Å². The maximum absolute atomic E-state index is 4.78. The van der Waals surface area contributed by atoms with Gasteiger partial charge in [0.2, 0.25) is 0 Å². The fourth-order valence-corrected chi connectivity index (χ4v) is 0.0527. The Labute approximate surface area is 30.4 Å². The molecule has 5 heavy (non-hydrogen) atoms. The molecule has 0 unspecified atom stereocenters. The normalized spacial score (nSPS) is 6.60. The Morgan fingerprint density at radius 3 is 2.60 bits per heavy atom. The average Bonchev–Trinajstić information content (AvgIpc) is 1.41. The highest BCUT2D eigenvalue weighted by atomic mass is 16.6. The van der Waals surface area contributed by atoms with Gasteiger partial charge in [0, 0.05) is 6.72 Å². The number of oxime groups is 1. The third-order valence-electron chi connectivity index (χ3n) is 0.166. The smallest absolute Gasteiger partial charge is 0.165 e. The maximum atomic E-state index is 4.78. The van der Waals surface area contributed by atoms with Gasteiger partial charge in [-0.15, -0.1) is 5.16 Å². The van der Waals surface area contributed by atoms with Crippen LogP contribution >= 0.6 is 0 Å². The molecule has 2 N–H and O–H groups in total. The largest absolute Gasteiger partial charge is 0.381 e. The van der Waals surface area contributed by atoms with Gasteiger partial charge in [0.25, 0.3) is 0 Å². The quantitative estimate of drug-likeness (QED) is 0.273. The molecule has 0 radical (unpaired) electrons. The van der Waals surface area contributed by atoms with Gasteiger partial charge >= 0.3 is 0 Å². The Hall–Kier alpha value is -0.570. The van der Waals surface area contributed by atoms with Crippen LogP contribution in [0.15, 0.2) is 5.16 Å². The zero-order valence-corrected chi connectivity index (χ0v) is 2.85. The Morgan fingerprint density at radius 1 is 2.00 bits per heavy atom. The maximum Gasteiger partial charge on any atom is 0.165 e. The Morgan fingerprint density at radius 2 is 2.60 bits per heavy atom. The van der Waals surface area contributed by atoms with Crippen LogP contribution in [0.3, 0.4) is 0 Å². The van der Waals surface area contributed by atoms with E-state index in [-0.39, 0.29) is 6.73 Å². The fraction of sp³-hybridized carbons (Fsp3) is 0.500. The lowest BCUT2D eigenvalue weighted by molar-refractivity contribution is 0.154. The SMILES string of the molecule is C=NOCN. The molecular formula is C2H6N2O. The molecule has 0 saturated heterocycles. The highest BCUT2D eigenvalue weighted by Gasteiger charge is 1.56. The van der Waals surface area contributed by atoms with Crippen molar-refractivity contribution in [3.63, 3.8) is 0 Å². The molecule has 0 fully saturated rings. The summed E-state index contributed by atoms with van der Waals surface area (Å²) < 4.78 is 0. The molecular weight excluding hydrogens is 68.0 g/mol. The van der Waals surface area contributed by atoms with E-state index in [1.54, 1.807) is 0 Å². The van der Waals surface area contributed by atoms with E-state index in [0.29, 0.717) is 0 Å². The van der Waals surface area contributed by atoms with Crippen LogP contribution in [0.2, 0.25) is 0 Å². The summed E-state index contributed by atoms with van der Waals surface area (Å²) >= 11 is 0. The standard InChI is InChI=1S/C2H6N2O/c1-4-5-2-3/h1-3H2. The molecule has 0 atom stereocenters. The van der Waals surface area contributed by atoms with E-state index in [4.69, 9.17) is 5.73 Å². The van der Waals surface area contributed by atoms with Crippen molar-refractivity contribution in [2.45, 2.75) is 0 Å². The van der Waals surface area contributed by atoms with Crippen LogP contribution in [0.25, 0.3) is 0 Å². The third kappa shape index (κ3) is 3.43. The molecule has 0 spiro atoms. The summed E-state index contributed by atoms with van der Waals surface area (Å²) in [4.78, 5) is 4.12. The summed E-state index contributed by atoms with van der Waals surface area (Å²) in [6.45, 7) is 3.11. The Bertz CT molecular complexity index is 28.8. The minimum Gasteiger partial charge on any atom is -0.381 e. The lowest BCUT2D eigenvalue weighted by Gasteiger charge is -1.82. The van der Waals surface area contributed by atoms with E-state index in [1.807, 2.05) is 0 Å². The minimum atomic E-state index is 0.115. The van der Waals surface area contributed by atoms with Crippen LogP contribution < -0.4 is 5.73 Å². The first kappa shape index (κ1) is 4.43. The van der Waals surface area contributed by atoms with Gasteiger partial charge in [0.05, 0.1) is 0 Å². The molecule has 0 saturated carbocycles. The van der Waals surface area contributed by atoms with Gasteiger partial charge in [0.1, 0.15) is 0 Å². The summed E-state index contributed by atoms with van der Waals surface area (Å²) in [7, 11) is 0. The first-order valence-corrected chi connectivity index (χ1v) is 1.20. The monoisotopic (exact) mass is 74.0 g/mol. The molecule has 30 valence electrons. The lowest BCUT2D eigenvalue weighted by Crippen LogP contribution is -1.98. The lowest BCUT2D eigenvalue weighted by atomic mass is 11.4. The summed E-state index contributed by atoms with van der Waals surface area (Å²) in [5, 5.41) is 2.98. The molecule has 0 heterocycles. The molecule has 0 rings (SSSR count). The van der Waals surface area contributed by atoms with Gasteiger partial charge in [-0.1, -0.05) is 0 Å². The van der Waals surface area contributed by atoms with Crippen LogP contribution in [0.1, 0.15) is 0 Å². The van der Waals surface area contributed by atoms with Crippen molar-refractivity contribution >= 4 is 6.72 Å². The summed E-state index contributed by atoms with van der Waals surface area (Å²) in [6, 6.07) is 0. The van der Waals surface area contributed by atoms with Gasteiger partial charge < -0.3 is 4.84 Å². The predicted molar refractivity (Wildman–Crippen MR) is 19.7 cm³/mol. The van der Waals surface area contributed by atoms with E-state index in [1.165, 1.54) is 0 Å². The predicted octanol–water partition coefficient (Wildman–Crippen LogP) is -0.465. The topological polar surface area (TPSA) is 47.6 Å². The van der Waals surface area contributed by atoms with Crippen LogP contribution in [0, 0.1) is 0 Å². The first-order valence-electron chi connectivity index (χ1n) is 1.20. The third-order valence-corrected chi connectivity index (χ3v) is 0.166. The van der Waals surface area contributed by atoms with Gasteiger partial charge in [-0.05, 0) is 0 Å². The second kappa shape index (κ2) is 3.43. The molecule has 0 aromatic heterocycles. The van der Waals surface area contributed by atoms with Crippen molar-refractivity contribution in [1.82, 2.24) is 0 Å². The van der Waals surface area contributed by atoms with Crippen LogP contribution in [0.5, 0.6) is 0 Å². The van der Waals surface area contributed by atoms with Crippen molar-refractivity contribution in [3.8, 4) is 0 Å². The molecule has 0 amide bonds. The molecule has 0 aromatic rings. The molecule has 0 bridgehead atoms. The number of rotatable bonds is 2. The minimum absolute atomic E-state index is 0.115. The number of nitrogens with zero attached hydrogens (tertiary/aromatic N) is 1. The van der Waals surface area contributed by atoms with Crippen LogP contribution in [-0.4, -0.2) is 13.4 Å². The van der Waals surface area contributed by atoms with Gasteiger partial charge in [0.15, 0.2) is 6.73 Å². The highest BCUT2D eigenvalue weighted by molar-refractivity contribution is 5.21. The zero-order chi connectivity index (χ0) is 4.12. The van der Waals surface area contributed by atoms with E-state index in [2.05, 4.69) is 16.7 Å². The molecule has 3 nitrogen and oxygen atoms in total. The van der Waals surface area contributed by atoms with Crippen molar-refractivity contribution < 1.29 is 4.84 Å². The van der Waals surface area contributed by atoms with Gasteiger partial charge in [-0.2, -0.15) is 0 Å². The second-order valence-electron chi connectivity index (χ2n) is 0.425. The number of hydrogen-bond donors (Lipinski definition) is 1. The first-order chi connectivity index (χ1) is 2.41. The highest BCUT2D eigenvalue weighted by Crippen LogP contribution is 1.56.